The zero-order valence-electron chi connectivity index (χ0n) is 13.0. The summed E-state index contributed by atoms with van der Waals surface area (Å²) in [6.45, 7) is 3.98. The van der Waals surface area contributed by atoms with Gasteiger partial charge >= 0.3 is 0 Å². The molecule has 3 aromatic rings. The van der Waals surface area contributed by atoms with Crippen LogP contribution in [0, 0.1) is 6.92 Å². The molecule has 23 heavy (non-hydrogen) atoms. The molecule has 0 bridgehead atoms. The highest BCUT2D eigenvalue weighted by molar-refractivity contribution is 9.10. The number of hydrogen-bond acceptors (Lipinski definition) is 4. The minimum Gasteiger partial charge on any atom is -0.355 e. The zero-order valence-corrected chi connectivity index (χ0v) is 14.6. The second kappa shape index (κ2) is 5.92. The van der Waals surface area contributed by atoms with Crippen molar-refractivity contribution in [3.63, 3.8) is 0 Å². The smallest absolute Gasteiger partial charge is 0.178 e. The molecule has 0 radical (unpaired) electrons. The Morgan fingerprint density at radius 3 is 2.48 bits per heavy atom. The van der Waals surface area contributed by atoms with E-state index in [9.17, 15) is 0 Å². The van der Waals surface area contributed by atoms with Gasteiger partial charge in [-0.05, 0) is 55.5 Å². The fourth-order valence-electron chi connectivity index (χ4n) is 3.23. The third-order valence-corrected chi connectivity index (χ3v) is 5.09. The van der Waals surface area contributed by atoms with Gasteiger partial charge in [0.2, 0.25) is 0 Å². The molecule has 0 spiro atoms. The highest BCUT2D eigenvalue weighted by Crippen LogP contribution is 2.30. The SMILES string of the molecule is Cc1nnc2ccc(N3CCC(c4ccc(Br)cc4)CC3)nn12. The van der Waals surface area contributed by atoms with E-state index in [0.717, 1.165) is 47.7 Å². The Balaban J connectivity index is 1.49. The topological polar surface area (TPSA) is 46.3 Å². The molecule has 3 heterocycles. The van der Waals surface area contributed by atoms with E-state index in [0.29, 0.717) is 5.92 Å². The molecule has 0 aliphatic carbocycles. The van der Waals surface area contributed by atoms with Crippen molar-refractivity contribution in [1.29, 1.82) is 0 Å². The monoisotopic (exact) mass is 371 g/mol. The predicted octanol–water partition coefficient (Wildman–Crippen LogP) is 3.58. The molecule has 1 aliphatic rings. The summed E-state index contributed by atoms with van der Waals surface area (Å²) in [4.78, 5) is 2.36. The van der Waals surface area contributed by atoms with E-state index in [2.05, 4.69) is 60.4 Å². The van der Waals surface area contributed by atoms with Crippen molar-refractivity contribution >= 4 is 27.4 Å². The second-order valence-corrected chi connectivity index (χ2v) is 6.94. The lowest BCUT2D eigenvalue weighted by molar-refractivity contribution is 0.501. The molecule has 1 aliphatic heterocycles. The zero-order chi connectivity index (χ0) is 15.8. The number of fused-ring (bicyclic) bond motifs is 1. The summed E-state index contributed by atoms with van der Waals surface area (Å²) in [6, 6.07) is 12.8. The highest BCUT2D eigenvalue weighted by atomic mass is 79.9. The van der Waals surface area contributed by atoms with Crippen LogP contribution in [0.1, 0.15) is 30.1 Å². The number of aryl methyl sites for hydroxylation is 1. The third kappa shape index (κ3) is 2.83. The Labute approximate surface area is 143 Å². The van der Waals surface area contributed by atoms with E-state index >= 15 is 0 Å². The van der Waals surface area contributed by atoms with Gasteiger partial charge in [0, 0.05) is 17.6 Å². The molecule has 0 N–H and O–H groups in total. The first-order chi connectivity index (χ1) is 11.2. The minimum atomic E-state index is 0.639. The number of nitrogens with zero attached hydrogens (tertiary/aromatic N) is 5. The second-order valence-electron chi connectivity index (χ2n) is 6.02. The van der Waals surface area contributed by atoms with E-state index in [1.54, 1.807) is 0 Å². The molecular formula is C17H18BrN5. The van der Waals surface area contributed by atoms with Crippen molar-refractivity contribution < 1.29 is 0 Å². The first kappa shape index (κ1) is 14.6. The molecule has 0 unspecified atom stereocenters. The van der Waals surface area contributed by atoms with Crippen molar-refractivity contribution in [3.8, 4) is 0 Å². The standard InChI is InChI=1S/C17H18BrN5/c1-12-19-20-16-6-7-17(21-23(12)16)22-10-8-14(9-11-22)13-2-4-15(18)5-3-13/h2-7,14H,8-11H2,1H3. The van der Waals surface area contributed by atoms with E-state index in [4.69, 9.17) is 0 Å². The largest absolute Gasteiger partial charge is 0.355 e. The lowest BCUT2D eigenvalue weighted by Gasteiger charge is -2.33. The van der Waals surface area contributed by atoms with Crippen molar-refractivity contribution in [2.45, 2.75) is 25.7 Å². The van der Waals surface area contributed by atoms with Gasteiger partial charge in [-0.25, -0.2) is 0 Å². The van der Waals surface area contributed by atoms with E-state index in [1.807, 2.05) is 23.6 Å². The molecular weight excluding hydrogens is 354 g/mol. The number of anilines is 1. The minimum absolute atomic E-state index is 0.639. The molecule has 0 saturated carbocycles. The van der Waals surface area contributed by atoms with Crippen LogP contribution in [0.3, 0.4) is 0 Å². The lowest BCUT2D eigenvalue weighted by atomic mass is 9.89. The fourth-order valence-corrected chi connectivity index (χ4v) is 3.50. The van der Waals surface area contributed by atoms with Gasteiger partial charge in [0.25, 0.3) is 0 Å². The summed E-state index contributed by atoms with van der Waals surface area (Å²) in [5.41, 5.74) is 2.24. The van der Waals surface area contributed by atoms with E-state index in [1.165, 1.54) is 5.56 Å². The summed E-state index contributed by atoms with van der Waals surface area (Å²) in [5.74, 6) is 2.47. The van der Waals surface area contributed by atoms with Crippen molar-refractivity contribution in [2.24, 2.45) is 0 Å². The normalized spacial score (nSPS) is 16.2. The summed E-state index contributed by atoms with van der Waals surface area (Å²) in [6.07, 6.45) is 2.31. The predicted molar refractivity (Wildman–Crippen MR) is 93.8 cm³/mol. The number of piperidine rings is 1. The molecule has 2 aromatic heterocycles. The van der Waals surface area contributed by atoms with Gasteiger partial charge in [0.05, 0.1) is 0 Å². The number of halogens is 1. The molecule has 1 aromatic carbocycles. The first-order valence-corrected chi connectivity index (χ1v) is 8.69. The maximum atomic E-state index is 4.68. The van der Waals surface area contributed by atoms with Gasteiger partial charge in [-0.1, -0.05) is 28.1 Å². The Bertz CT molecular complexity index is 819. The Morgan fingerprint density at radius 1 is 1.00 bits per heavy atom. The molecule has 1 fully saturated rings. The van der Waals surface area contributed by atoms with Crippen LogP contribution in [-0.2, 0) is 0 Å². The van der Waals surface area contributed by atoms with E-state index in [-0.39, 0.29) is 0 Å². The van der Waals surface area contributed by atoms with Crippen molar-refractivity contribution in [2.75, 3.05) is 18.0 Å². The molecule has 118 valence electrons. The first-order valence-electron chi connectivity index (χ1n) is 7.90. The average molecular weight is 372 g/mol. The average Bonchev–Trinajstić information content (AvgIpc) is 2.96. The quantitative estimate of drug-likeness (QED) is 0.690. The lowest BCUT2D eigenvalue weighted by Crippen LogP contribution is -2.33. The van der Waals surface area contributed by atoms with Crippen molar-refractivity contribution in [1.82, 2.24) is 19.8 Å². The summed E-state index contributed by atoms with van der Waals surface area (Å²) in [5, 5.41) is 12.8. The molecule has 6 heteroatoms. The van der Waals surface area contributed by atoms with Crippen LogP contribution in [0.5, 0.6) is 0 Å². The van der Waals surface area contributed by atoms with E-state index < -0.39 is 0 Å². The van der Waals surface area contributed by atoms with Crippen LogP contribution in [-0.4, -0.2) is 32.9 Å². The van der Waals surface area contributed by atoms with Crippen LogP contribution >= 0.6 is 15.9 Å². The van der Waals surface area contributed by atoms with Crippen LogP contribution < -0.4 is 4.90 Å². The Hall–Kier alpha value is -1.95. The number of rotatable bonds is 2. The Kier molecular flexibility index (Phi) is 3.77. The van der Waals surface area contributed by atoms with Crippen LogP contribution in [0.2, 0.25) is 0 Å². The van der Waals surface area contributed by atoms with Crippen LogP contribution in [0.25, 0.3) is 5.65 Å². The maximum absolute atomic E-state index is 4.68. The van der Waals surface area contributed by atoms with Crippen molar-refractivity contribution in [3.05, 3.63) is 52.3 Å². The molecule has 5 nitrogen and oxygen atoms in total. The number of hydrogen-bond donors (Lipinski definition) is 0. The number of aromatic nitrogens is 4. The van der Waals surface area contributed by atoms with Gasteiger partial charge in [-0.15, -0.1) is 15.3 Å². The van der Waals surface area contributed by atoms with Gasteiger partial charge in [0.15, 0.2) is 11.5 Å². The van der Waals surface area contributed by atoms with Crippen LogP contribution in [0.4, 0.5) is 5.82 Å². The summed E-state index contributed by atoms with van der Waals surface area (Å²) in [7, 11) is 0. The highest BCUT2D eigenvalue weighted by Gasteiger charge is 2.22. The molecule has 0 atom stereocenters. The van der Waals surface area contributed by atoms with Gasteiger partial charge in [-0.2, -0.15) is 4.52 Å². The molecule has 0 amide bonds. The molecule has 1 saturated heterocycles. The summed E-state index contributed by atoms with van der Waals surface area (Å²) < 4.78 is 2.95. The number of benzene rings is 1. The maximum Gasteiger partial charge on any atom is 0.178 e. The summed E-state index contributed by atoms with van der Waals surface area (Å²) >= 11 is 3.50. The Morgan fingerprint density at radius 2 is 1.74 bits per heavy atom. The van der Waals surface area contributed by atoms with Crippen LogP contribution in [0.15, 0.2) is 40.9 Å². The molecule has 4 rings (SSSR count). The fraction of sp³-hybridized carbons (Fsp3) is 0.353. The van der Waals surface area contributed by atoms with Gasteiger partial charge < -0.3 is 4.90 Å². The van der Waals surface area contributed by atoms with Gasteiger partial charge in [-0.3, -0.25) is 0 Å². The van der Waals surface area contributed by atoms with Gasteiger partial charge in [0.1, 0.15) is 5.82 Å². The third-order valence-electron chi connectivity index (χ3n) is 4.57.